The largest absolute Gasteiger partial charge is 0.450 e. The number of carbonyl (C=O) groups excluding carboxylic acids is 2. The van der Waals surface area contributed by atoms with E-state index < -0.39 is 0 Å². The van der Waals surface area contributed by atoms with E-state index in [0.29, 0.717) is 19.7 Å². The number of likely N-dealkylation sites (tertiary alicyclic amines) is 1. The van der Waals surface area contributed by atoms with Crippen LogP contribution in [0.4, 0.5) is 15.3 Å². The molecule has 0 bridgehead atoms. The molecular formula is C16H23N3O3. The van der Waals surface area contributed by atoms with Crippen LogP contribution >= 0.6 is 0 Å². The molecule has 0 aliphatic carbocycles. The van der Waals surface area contributed by atoms with Crippen molar-refractivity contribution in [1.29, 1.82) is 0 Å². The number of ether oxygens (including phenoxy) is 1. The fraction of sp³-hybridized carbons (Fsp3) is 0.500. The Morgan fingerprint density at radius 1 is 1.27 bits per heavy atom. The molecule has 1 aromatic rings. The summed E-state index contributed by atoms with van der Waals surface area (Å²) in [4.78, 5) is 27.2. The number of para-hydroxylation sites is 1. The van der Waals surface area contributed by atoms with Gasteiger partial charge in [-0.2, -0.15) is 0 Å². The number of hydrogen-bond acceptors (Lipinski definition) is 3. The van der Waals surface area contributed by atoms with Crippen molar-refractivity contribution in [2.75, 3.05) is 31.6 Å². The molecule has 3 amide bonds. The zero-order valence-corrected chi connectivity index (χ0v) is 13.1. The van der Waals surface area contributed by atoms with Gasteiger partial charge < -0.3 is 15.0 Å². The second-order valence-electron chi connectivity index (χ2n) is 5.30. The first-order valence-corrected chi connectivity index (χ1v) is 7.62. The first-order chi connectivity index (χ1) is 10.6. The summed E-state index contributed by atoms with van der Waals surface area (Å²) in [6, 6.07) is 9.46. The Morgan fingerprint density at radius 2 is 1.91 bits per heavy atom. The van der Waals surface area contributed by atoms with Crippen LogP contribution in [0.25, 0.3) is 0 Å². The molecule has 0 radical (unpaired) electrons. The highest BCUT2D eigenvalue weighted by Crippen LogP contribution is 2.14. The van der Waals surface area contributed by atoms with Gasteiger partial charge in [0.25, 0.3) is 0 Å². The molecule has 6 heteroatoms. The Balaban J connectivity index is 1.81. The Bertz CT molecular complexity index is 499. The summed E-state index contributed by atoms with van der Waals surface area (Å²) in [5.74, 6) is 0. The Hall–Kier alpha value is -2.24. The van der Waals surface area contributed by atoms with Crippen LogP contribution in [0, 0.1) is 0 Å². The van der Waals surface area contributed by atoms with Crippen molar-refractivity contribution in [1.82, 2.24) is 10.2 Å². The molecule has 0 saturated carbocycles. The van der Waals surface area contributed by atoms with Gasteiger partial charge in [-0.3, -0.25) is 4.90 Å². The SMILES string of the molecule is CCOC(=O)N1CCC(NC(=O)N(C)c2ccccc2)CC1. The summed E-state index contributed by atoms with van der Waals surface area (Å²) in [6.07, 6.45) is 1.22. The van der Waals surface area contributed by atoms with Crippen molar-refractivity contribution < 1.29 is 14.3 Å². The average molecular weight is 305 g/mol. The van der Waals surface area contributed by atoms with Crippen LogP contribution in [-0.4, -0.2) is 49.8 Å². The van der Waals surface area contributed by atoms with E-state index >= 15 is 0 Å². The van der Waals surface area contributed by atoms with Crippen LogP contribution in [0.15, 0.2) is 30.3 Å². The highest BCUT2D eigenvalue weighted by Gasteiger charge is 2.25. The molecule has 0 spiro atoms. The number of amides is 3. The van der Waals surface area contributed by atoms with Crippen molar-refractivity contribution >= 4 is 17.8 Å². The van der Waals surface area contributed by atoms with Gasteiger partial charge >= 0.3 is 12.1 Å². The fourth-order valence-electron chi connectivity index (χ4n) is 2.46. The molecule has 120 valence electrons. The van der Waals surface area contributed by atoms with Gasteiger partial charge in [-0.15, -0.1) is 0 Å². The Morgan fingerprint density at radius 3 is 2.50 bits per heavy atom. The summed E-state index contributed by atoms with van der Waals surface area (Å²) in [5.41, 5.74) is 0.851. The van der Waals surface area contributed by atoms with Gasteiger partial charge in [0.15, 0.2) is 0 Å². The fourth-order valence-corrected chi connectivity index (χ4v) is 2.46. The molecule has 22 heavy (non-hydrogen) atoms. The van der Waals surface area contributed by atoms with E-state index in [1.54, 1.807) is 23.8 Å². The van der Waals surface area contributed by atoms with E-state index in [2.05, 4.69) is 5.32 Å². The minimum atomic E-state index is -0.270. The van der Waals surface area contributed by atoms with Crippen molar-refractivity contribution in [2.45, 2.75) is 25.8 Å². The summed E-state index contributed by atoms with van der Waals surface area (Å²) in [5, 5.41) is 3.02. The quantitative estimate of drug-likeness (QED) is 0.933. The van der Waals surface area contributed by atoms with E-state index in [1.807, 2.05) is 30.3 Å². The topological polar surface area (TPSA) is 61.9 Å². The maximum Gasteiger partial charge on any atom is 0.409 e. The summed E-state index contributed by atoms with van der Waals surface area (Å²) >= 11 is 0. The second-order valence-corrected chi connectivity index (χ2v) is 5.30. The third kappa shape index (κ3) is 4.13. The third-order valence-corrected chi connectivity index (χ3v) is 3.80. The molecule has 1 heterocycles. The standard InChI is InChI=1S/C16H23N3O3/c1-3-22-16(21)19-11-9-13(10-12-19)17-15(20)18(2)14-7-5-4-6-8-14/h4-8,13H,3,9-12H2,1-2H3,(H,17,20). The number of hydrogen-bond donors (Lipinski definition) is 1. The van der Waals surface area contributed by atoms with Gasteiger partial charge in [0.1, 0.15) is 0 Å². The van der Waals surface area contributed by atoms with Gasteiger partial charge in [-0.1, -0.05) is 18.2 Å². The van der Waals surface area contributed by atoms with E-state index in [0.717, 1.165) is 18.5 Å². The molecule has 1 fully saturated rings. The molecule has 0 atom stereocenters. The average Bonchev–Trinajstić information content (AvgIpc) is 2.55. The van der Waals surface area contributed by atoms with E-state index in [1.165, 1.54) is 0 Å². The van der Waals surface area contributed by atoms with Gasteiger partial charge in [-0.25, -0.2) is 9.59 Å². The third-order valence-electron chi connectivity index (χ3n) is 3.80. The molecule has 6 nitrogen and oxygen atoms in total. The van der Waals surface area contributed by atoms with Gasteiger partial charge in [0, 0.05) is 31.9 Å². The molecule has 1 saturated heterocycles. The zero-order valence-electron chi connectivity index (χ0n) is 13.1. The molecule has 1 N–H and O–H groups in total. The summed E-state index contributed by atoms with van der Waals surface area (Å²) in [6.45, 7) is 3.40. The molecular weight excluding hydrogens is 282 g/mol. The minimum absolute atomic E-state index is 0.0874. The number of carbonyl (C=O) groups is 2. The normalized spacial score (nSPS) is 15.3. The lowest BCUT2D eigenvalue weighted by molar-refractivity contribution is 0.0958. The maximum atomic E-state index is 12.2. The Kier molecular flexibility index (Phi) is 5.63. The van der Waals surface area contributed by atoms with Crippen molar-refractivity contribution in [3.8, 4) is 0 Å². The summed E-state index contributed by atoms with van der Waals surface area (Å²) in [7, 11) is 1.75. The monoisotopic (exact) mass is 305 g/mol. The number of piperidine rings is 1. The molecule has 1 aliphatic heterocycles. The van der Waals surface area contributed by atoms with Crippen LogP contribution in [0.1, 0.15) is 19.8 Å². The van der Waals surface area contributed by atoms with E-state index in [4.69, 9.17) is 4.74 Å². The van der Waals surface area contributed by atoms with Crippen LogP contribution in [0.5, 0.6) is 0 Å². The lowest BCUT2D eigenvalue weighted by atomic mass is 10.1. The smallest absolute Gasteiger partial charge is 0.409 e. The lowest BCUT2D eigenvalue weighted by Crippen LogP contribution is -2.49. The highest BCUT2D eigenvalue weighted by molar-refractivity contribution is 5.91. The summed E-state index contributed by atoms with van der Waals surface area (Å²) < 4.78 is 4.99. The molecule has 0 unspecified atom stereocenters. The molecule has 0 aromatic heterocycles. The van der Waals surface area contributed by atoms with Crippen molar-refractivity contribution in [2.24, 2.45) is 0 Å². The first-order valence-electron chi connectivity index (χ1n) is 7.62. The van der Waals surface area contributed by atoms with E-state index in [9.17, 15) is 9.59 Å². The predicted octanol–water partition coefficient (Wildman–Crippen LogP) is 2.45. The second kappa shape index (κ2) is 7.68. The molecule has 1 aliphatic rings. The number of anilines is 1. The number of rotatable bonds is 3. The van der Waals surface area contributed by atoms with Crippen LogP contribution in [-0.2, 0) is 4.74 Å². The highest BCUT2D eigenvalue weighted by atomic mass is 16.6. The van der Waals surface area contributed by atoms with Gasteiger partial charge in [-0.05, 0) is 31.9 Å². The van der Waals surface area contributed by atoms with Gasteiger partial charge in [0.05, 0.1) is 6.61 Å². The van der Waals surface area contributed by atoms with Crippen molar-refractivity contribution in [3.05, 3.63) is 30.3 Å². The predicted molar refractivity (Wildman–Crippen MR) is 85.0 cm³/mol. The number of nitrogens with one attached hydrogen (secondary N) is 1. The lowest BCUT2D eigenvalue weighted by Gasteiger charge is -2.32. The number of benzene rings is 1. The molecule has 2 rings (SSSR count). The molecule has 1 aromatic carbocycles. The zero-order chi connectivity index (χ0) is 15.9. The van der Waals surface area contributed by atoms with Crippen molar-refractivity contribution in [3.63, 3.8) is 0 Å². The van der Waals surface area contributed by atoms with E-state index in [-0.39, 0.29) is 18.2 Å². The first kappa shape index (κ1) is 16.1. The van der Waals surface area contributed by atoms with Gasteiger partial charge in [0.2, 0.25) is 0 Å². The Labute approximate surface area is 131 Å². The number of nitrogens with zero attached hydrogens (tertiary/aromatic N) is 2. The maximum absolute atomic E-state index is 12.2. The minimum Gasteiger partial charge on any atom is -0.450 e. The van der Waals surface area contributed by atoms with Crippen LogP contribution in [0.3, 0.4) is 0 Å². The number of urea groups is 1. The van der Waals surface area contributed by atoms with Crippen LogP contribution in [0.2, 0.25) is 0 Å². The van der Waals surface area contributed by atoms with Crippen LogP contribution < -0.4 is 10.2 Å².